The van der Waals surface area contributed by atoms with Gasteiger partial charge in [0.1, 0.15) is 22.3 Å². The lowest BCUT2D eigenvalue weighted by molar-refractivity contribution is 0.277. The van der Waals surface area contributed by atoms with Crippen molar-refractivity contribution in [2.45, 2.75) is 49.0 Å². The van der Waals surface area contributed by atoms with Gasteiger partial charge in [-0.15, -0.1) is 10.2 Å². The number of aryl methyl sites for hydroxylation is 1. The number of hydrogen-bond donors (Lipinski definition) is 1. The molecule has 1 N–H and O–H groups in total. The first-order chi connectivity index (χ1) is 9.79. The second-order valence-electron chi connectivity index (χ2n) is 4.57. The Hall–Kier alpha value is -1.18. The summed E-state index contributed by atoms with van der Waals surface area (Å²) in [5, 5.41) is 19.6. The SMILES string of the molecule is OCc1c(Cl)ncnc1Sc1nnc2n1CCCCC2. The fraction of sp³-hybridized carbons (Fsp3) is 0.500. The van der Waals surface area contributed by atoms with E-state index in [2.05, 4.69) is 24.7 Å². The van der Waals surface area contributed by atoms with Crippen molar-refractivity contribution >= 4 is 23.4 Å². The van der Waals surface area contributed by atoms with Crippen molar-refractivity contribution < 1.29 is 5.11 Å². The summed E-state index contributed by atoms with van der Waals surface area (Å²) in [6, 6.07) is 0. The van der Waals surface area contributed by atoms with E-state index in [1.165, 1.54) is 24.5 Å². The molecule has 0 radical (unpaired) electrons. The van der Waals surface area contributed by atoms with Gasteiger partial charge in [0.15, 0.2) is 5.16 Å². The van der Waals surface area contributed by atoms with E-state index in [4.69, 9.17) is 11.6 Å². The summed E-state index contributed by atoms with van der Waals surface area (Å²) < 4.78 is 2.13. The van der Waals surface area contributed by atoms with Crippen LogP contribution in [0.25, 0.3) is 0 Å². The molecule has 3 heterocycles. The number of fused-ring (bicyclic) bond motifs is 1. The molecule has 2 aromatic rings. The molecule has 0 unspecified atom stereocenters. The molecule has 0 fully saturated rings. The molecule has 0 saturated carbocycles. The van der Waals surface area contributed by atoms with Crippen molar-refractivity contribution in [2.24, 2.45) is 0 Å². The first kappa shape index (κ1) is 13.8. The van der Waals surface area contributed by atoms with Crippen LogP contribution in [0, 0.1) is 0 Å². The first-order valence-corrected chi connectivity index (χ1v) is 7.69. The van der Waals surface area contributed by atoms with E-state index in [0.29, 0.717) is 10.6 Å². The summed E-state index contributed by atoms with van der Waals surface area (Å²) in [7, 11) is 0. The van der Waals surface area contributed by atoms with Gasteiger partial charge < -0.3 is 9.67 Å². The zero-order chi connectivity index (χ0) is 13.9. The Balaban J connectivity index is 1.92. The second kappa shape index (κ2) is 6.07. The van der Waals surface area contributed by atoms with Crippen molar-refractivity contribution in [3.63, 3.8) is 0 Å². The van der Waals surface area contributed by atoms with Crippen LogP contribution in [0.2, 0.25) is 5.15 Å². The Morgan fingerprint density at radius 3 is 3.00 bits per heavy atom. The third kappa shape index (κ3) is 2.65. The number of aliphatic hydroxyl groups excluding tert-OH is 1. The van der Waals surface area contributed by atoms with Crippen LogP contribution in [-0.2, 0) is 19.6 Å². The quantitative estimate of drug-likeness (QED) is 0.875. The van der Waals surface area contributed by atoms with Crippen LogP contribution in [0.4, 0.5) is 0 Å². The number of aliphatic hydroxyl groups is 1. The number of nitrogens with zero attached hydrogens (tertiary/aromatic N) is 5. The summed E-state index contributed by atoms with van der Waals surface area (Å²) in [6.45, 7) is 0.737. The fourth-order valence-corrected chi connectivity index (χ4v) is 3.41. The molecule has 3 rings (SSSR count). The third-order valence-corrected chi connectivity index (χ3v) is 4.63. The predicted octanol–water partition coefficient (Wildman–Crippen LogP) is 2.09. The van der Waals surface area contributed by atoms with Crippen LogP contribution in [0.3, 0.4) is 0 Å². The Morgan fingerprint density at radius 1 is 1.25 bits per heavy atom. The van der Waals surface area contributed by atoms with E-state index in [0.717, 1.165) is 36.8 Å². The van der Waals surface area contributed by atoms with Gasteiger partial charge in [0.2, 0.25) is 0 Å². The lowest BCUT2D eigenvalue weighted by atomic mass is 10.2. The highest BCUT2D eigenvalue weighted by atomic mass is 35.5. The van der Waals surface area contributed by atoms with Crippen molar-refractivity contribution in [2.75, 3.05) is 0 Å². The standard InChI is InChI=1S/C12H14ClN5OS/c13-10-8(6-19)11(15-7-14-10)20-12-17-16-9-4-2-1-3-5-18(9)12/h7,19H,1-6H2. The maximum atomic E-state index is 9.39. The summed E-state index contributed by atoms with van der Waals surface area (Å²) in [5.41, 5.74) is 0.533. The Kier molecular flexibility index (Phi) is 4.18. The maximum absolute atomic E-state index is 9.39. The number of aromatic nitrogens is 5. The Morgan fingerprint density at radius 2 is 2.15 bits per heavy atom. The molecule has 2 aromatic heterocycles. The highest BCUT2D eigenvalue weighted by Gasteiger charge is 2.18. The van der Waals surface area contributed by atoms with Crippen LogP contribution < -0.4 is 0 Å². The fourth-order valence-electron chi connectivity index (χ4n) is 2.22. The van der Waals surface area contributed by atoms with Crippen LogP contribution in [0.5, 0.6) is 0 Å². The number of rotatable bonds is 3. The molecule has 0 saturated heterocycles. The summed E-state index contributed by atoms with van der Waals surface area (Å²) in [4.78, 5) is 8.06. The van der Waals surface area contributed by atoms with Crippen molar-refractivity contribution in [3.8, 4) is 0 Å². The minimum atomic E-state index is -0.191. The van der Waals surface area contributed by atoms with Crippen molar-refractivity contribution in [3.05, 3.63) is 22.9 Å². The van der Waals surface area contributed by atoms with E-state index >= 15 is 0 Å². The molecular formula is C12H14ClN5OS. The molecule has 0 atom stereocenters. The average Bonchev–Trinajstić information content (AvgIpc) is 2.68. The van der Waals surface area contributed by atoms with Gasteiger partial charge in [-0.2, -0.15) is 0 Å². The predicted molar refractivity (Wildman–Crippen MR) is 74.7 cm³/mol. The van der Waals surface area contributed by atoms with Crippen molar-refractivity contribution in [1.29, 1.82) is 0 Å². The lowest BCUT2D eigenvalue weighted by Crippen LogP contribution is -2.03. The largest absolute Gasteiger partial charge is 0.391 e. The van der Waals surface area contributed by atoms with Gasteiger partial charge in [0, 0.05) is 18.5 Å². The van der Waals surface area contributed by atoms with E-state index in [1.807, 2.05) is 0 Å². The van der Waals surface area contributed by atoms with Gasteiger partial charge in [-0.05, 0) is 24.6 Å². The van der Waals surface area contributed by atoms with Crippen molar-refractivity contribution in [1.82, 2.24) is 24.7 Å². The van der Waals surface area contributed by atoms with E-state index < -0.39 is 0 Å². The lowest BCUT2D eigenvalue weighted by Gasteiger charge is -2.08. The molecular weight excluding hydrogens is 298 g/mol. The molecule has 1 aliphatic heterocycles. The minimum Gasteiger partial charge on any atom is -0.391 e. The van der Waals surface area contributed by atoms with Gasteiger partial charge in [-0.3, -0.25) is 0 Å². The van der Waals surface area contributed by atoms with Crippen LogP contribution >= 0.6 is 23.4 Å². The highest BCUT2D eigenvalue weighted by Crippen LogP contribution is 2.31. The van der Waals surface area contributed by atoms with E-state index in [1.54, 1.807) is 0 Å². The molecule has 0 spiro atoms. The molecule has 1 aliphatic rings. The van der Waals surface area contributed by atoms with E-state index in [9.17, 15) is 5.11 Å². The van der Waals surface area contributed by atoms with Crippen LogP contribution in [-0.4, -0.2) is 29.8 Å². The van der Waals surface area contributed by atoms with E-state index in [-0.39, 0.29) is 11.8 Å². The maximum Gasteiger partial charge on any atom is 0.197 e. The van der Waals surface area contributed by atoms with Gasteiger partial charge in [-0.25, -0.2) is 9.97 Å². The molecule has 8 heteroatoms. The van der Waals surface area contributed by atoms with Crippen LogP contribution in [0.15, 0.2) is 16.5 Å². The van der Waals surface area contributed by atoms with Crippen LogP contribution in [0.1, 0.15) is 30.7 Å². The molecule has 0 bridgehead atoms. The highest BCUT2D eigenvalue weighted by molar-refractivity contribution is 7.99. The molecule has 106 valence electrons. The number of hydrogen-bond acceptors (Lipinski definition) is 6. The van der Waals surface area contributed by atoms with Gasteiger partial charge >= 0.3 is 0 Å². The topological polar surface area (TPSA) is 76.7 Å². The molecule has 0 aliphatic carbocycles. The zero-order valence-electron chi connectivity index (χ0n) is 10.8. The summed E-state index contributed by atoms with van der Waals surface area (Å²) in [6.07, 6.45) is 5.86. The smallest absolute Gasteiger partial charge is 0.197 e. The number of halogens is 1. The molecule has 0 aromatic carbocycles. The third-order valence-electron chi connectivity index (χ3n) is 3.27. The Labute approximate surface area is 125 Å². The molecule has 0 amide bonds. The zero-order valence-corrected chi connectivity index (χ0v) is 12.4. The van der Waals surface area contributed by atoms with Gasteiger partial charge in [-0.1, -0.05) is 18.0 Å². The average molecular weight is 312 g/mol. The second-order valence-corrected chi connectivity index (χ2v) is 5.88. The minimum absolute atomic E-state index is 0.191. The van der Waals surface area contributed by atoms with Gasteiger partial charge in [0.25, 0.3) is 0 Å². The molecule has 6 nitrogen and oxygen atoms in total. The Bertz CT molecular complexity index is 618. The van der Waals surface area contributed by atoms with Gasteiger partial charge in [0.05, 0.1) is 6.61 Å². The monoisotopic (exact) mass is 311 g/mol. The molecule has 20 heavy (non-hydrogen) atoms. The normalized spacial score (nSPS) is 14.9. The summed E-state index contributed by atoms with van der Waals surface area (Å²) in [5.74, 6) is 1.02. The summed E-state index contributed by atoms with van der Waals surface area (Å²) >= 11 is 7.35. The first-order valence-electron chi connectivity index (χ1n) is 6.49.